The van der Waals surface area contributed by atoms with Crippen LogP contribution in [0.1, 0.15) is 27.2 Å². The summed E-state index contributed by atoms with van der Waals surface area (Å²) in [7, 11) is -1.47. The molecule has 1 aliphatic heterocycles. The minimum atomic E-state index is -1.47. The smallest absolute Gasteiger partial charge is 0.444 e. The third kappa shape index (κ3) is 5.15. The summed E-state index contributed by atoms with van der Waals surface area (Å²) >= 11 is 0. The van der Waals surface area contributed by atoms with Gasteiger partial charge in [-0.2, -0.15) is 0 Å². The highest BCUT2D eigenvalue weighted by Crippen LogP contribution is 2.17. The Labute approximate surface area is 137 Å². The molecule has 0 radical (unpaired) electrons. The van der Waals surface area contributed by atoms with Crippen molar-refractivity contribution >= 4 is 24.4 Å². The first-order valence-electron chi connectivity index (χ1n) is 7.95. The van der Waals surface area contributed by atoms with Crippen molar-refractivity contribution in [3.05, 3.63) is 24.3 Å². The number of rotatable bonds is 2. The molecule has 0 unspecified atom stereocenters. The molecular weight excluding hydrogens is 295 g/mol. The highest BCUT2D eigenvalue weighted by Gasteiger charge is 2.24. The molecule has 7 heteroatoms. The van der Waals surface area contributed by atoms with Crippen LogP contribution >= 0.6 is 0 Å². The van der Waals surface area contributed by atoms with Crippen molar-refractivity contribution in [1.29, 1.82) is 0 Å². The third-order valence-corrected chi connectivity index (χ3v) is 3.68. The van der Waals surface area contributed by atoms with Gasteiger partial charge in [0.15, 0.2) is 0 Å². The van der Waals surface area contributed by atoms with E-state index >= 15 is 0 Å². The van der Waals surface area contributed by atoms with Crippen molar-refractivity contribution < 1.29 is 19.6 Å². The van der Waals surface area contributed by atoms with E-state index in [1.165, 1.54) is 0 Å². The van der Waals surface area contributed by atoms with E-state index in [1.54, 1.807) is 23.1 Å². The molecule has 0 aromatic heterocycles. The van der Waals surface area contributed by atoms with Crippen LogP contribution in [-0.4, -0.2) is 59.9 Å². The molecule has 1 aliphatic rings. The summed E-state index contributed by atoms with van der Waals surface area (Å²) in [6.07, 6.45) is 0.560. The molecule has 0 spiro atoms. The van der Waals surface area contributed by atoms with Crippen LogP contribution in [0.25, 0.3) is 0 Å². The van der Waals surface area contributed by atoms with Crippen molar-refractivity contribution in [2.45, 2.75) is 32.8 Å². The Morgan fingerprint density at radius 2 is 1.91 bits per heavy atom. The highest BCUT2D eigenvalue weighted by molar-refractivity contribution is 6.58. The summed E-state index contributed by atoms with van der Waals surface area (Å²) in [5.74, 6) is 0. The fraction of sp³-hybridized carbons (Fsp3) is 0.562. The standard InChI is InChI=1S/C16H25BN2O4/c1-16(2,3)23-15(20)19-9-5-8-18(10-11-19)14-7-4-6-13(12-14)17(21)22/h4,6-7,12,21-22H,5,8-11H2,1-3H3. The Hall–Kier alpha value is -1.73. The Kier molecular flexibility index (Phi) is 5.54. The number of benzene rings is 1. The lowest BCUT2D eigenvalue weighted by atomic mass is 9.80. The van der Waals surface area contributed by atoms with Crippen LogP contribution in [0, 0.1) is 0 Å². The van der Waals surface area contributed by atoms with E-state index in [9.17, 15) is 14.8 Å². The first-order valence-corrected chi connectivity index (χ1v) is 7.95. The van der Waals surface area contributed by atoms with Crippen molar-refractivity contribution in [2.24, 2.45) is 0 Å². The van der Waals surface area contributed by atoms with E-state index in [2.05, 4.69) is 4.90 Å². The van der Waals surface area contributed by atoms with Gasteiger partial charge in [0.2, 0.25) is 0 Å². The fourth-order valence-electron chi connectivity index (χ4n) is 2.57. The molecule has 126 valence electrons. The topological polar surface area (TPSA) is 73.2 Å². The van der Waals surface area contributed by atoms with Crippen LogP contribution in [0.5, 0.6) is 0 Å². The Morgan fingerprint density at radius 3 is 2.57 bits per heavy atom. The largest absolute Gasteiger partial charge is 0.488 e. The lowest BCUT2D eigenvalue weighted by Gasteiger charge is -2.27. The summed E-state index contributed by atoms with van der Waals surface area (Å²) in [4.78, 5) is 16.1. The van der Waals surface area contributed by atoms with Gasteiger partial charge in [0.05, 0.1) is 0 Å². The molecule has 1 amide bonds. The summed E-state index contributed by atoms with van der Waals surface area (Å²) in [6, 6.07) is 7.20. The summed E-state index contributed by atoms with van der Waals surface area (Å²) in [6.45, 7) is 8.32. The van der Waals surface area contributed by atoms with Crippen molar-refractivity contribution in [2.75, 3.05) is 31.1 Å². The zero-order valence-corrected chi connectivity index (χ0v) is 14.0. The molecule has 1 aromatic carbocycles. The first kappa shape index (κ1) is 17.6. The van der Waals surface area contributed by atoms with Crippen molar-refractivity contribution in [3.63, 3.8) is 0 Å². The normalized spacial score (nSPS) is 16.0. The predicted octanol–water partition coefficient (Wildman–Crippen LogP) is 0.814. The number of anilines is 1. The minimum absolute atomic E-state index is 0.279. The lowest BCUT2D eigenvalue weighted by molar-refractivity contribution is 0.0263. The SMILES string of the molecule is CC(C)(C)OC(=O)N1CCCN(c2cccc(B(O)O)c2)CC1. The van der Waals surface area contributed by atoms with Gasteiger partial charge in [-0.1, -0.05) is 12.1 Å². The molecule has 0 atom stereocenters. The Morgan fingerprint density at radius 1 is 1.17 bits per heavy atom. The lowest BCUT2D eigenvalue weighted by Crippen LogP contribution is -2.39. The number of carbonyl (C=O) groups excluding carboxylic acids is 1. The average molecular weight is 320 g/mol. The molecule has 1 aromatic rings. The van der Waals surface area contributed by atoms with Gasteiger partial charge in [0.25, 0.3) is 0 Å². The fourth-order valence-corrected chi connectivity index (χ4v) is 2.57. The molecule has 2 N–H and O–H groups in total. The molecular formula is C16H25BN2O4. The second-order valence-corrected chi connectivity index (χ2v) is 6.78. The monoisotopic (exact) mass is 320 g/mol. The average Bonchev–Trinajstić information content (AvgIpc) is 2.71. The summed E-state index contributed by atoms with van der Waals surface area (Å²) in [5, 5.41) is 18.6. The van der Waals surface area contributed by atoms with Gasteiger partial charge >= 0.3 is 13.2 Å². The molecule has 1 heterocycles. The van der Waals surface area contributed by atoms with E-state index in [1.807, 2.05) is 26.8 Å². The van der Waals surface area contributed by atoms with E-state index in [-0.39, 0.29) is 6.09 Å². The van der Waals surface area contributed by atoms with Gasteiger partial charge in [-0.15, -0.1) is 0 Å². The quantitative estimate of drug-likeness (QED) is 0.789. The third-order valence-electron chi connectivity index (χ3n) is 3.68. The maximum atomic E-state index is 12.2. The number of hydrogen-bond acceptors (Lipinski definition) is 5. The van der Waals surface area contributed by atoms with Gasteiger partial charge in [0, 0.05) is 31.9 Å². The van der Waals surface area contributed by atoms with E-state index in [4.69, 9.17) is 4.74 Å². The predicted molar refractivity (Wildman–Crippen MR) is 90.9 cm³/mol. The number of hydrogen-bond donors (Lipinski definition) is 2. The Balaban J connectivity index is 2.01. The minimum Gasteiger partial charge on any atom is -0.444 e. The van der Waals surface area contributed by atoms with Crippen LogP contribution in [0.4, 0.5) is 10.5 Å². The van der Waals surface area contributed by atoms with Gasteiger partial charge in [-0.25, -0.2) is 4.79 Å². The first-order chi connectivity index (χ1) is 10.8. The number of carbonyl (C=O) groups is 1. The van der Waals surface area contributed by atoms with Gasteiger partial charge < -0.3 is 24.6 Å². The Bertz CT molecular complexity index is 545. The summed E-state index contributed by atoms with van der Waals surface area (Å²) < 4.78 is 5.43. The van der Waals surface area contributed by atoms with Crippen LogP contribution in [0.2, 0.25) is 0 Å². The van der Waals surface area contributed by atoms with Crippen LogP contribution in [-0.2, 0) is 4.74 Å². The molecule has 0 saturated carbocycles. The van der Waals surface area contributed by atoms with Gasteiger partial charge in [-0.05, 0) is 44.8 Å². The van der Waals surface area contributed by atoms with Crippen LogP contribution < -0.4 is 10.4 Å². The molecule has 1 fully saturated rings. The molecule has 6 nitrogen and oxygen atoms in total. The zero-order chi connectivity index (χ0) is 17.0. The number of ether oxygens (including phenoxy) is 1. The molecule has 23 heavy (non-hydrogen) atoms. The van der Waals surface area contributed by atoms with Crippen LogP contribution in [0.3, 0.4) is 0 Å². The van der Waals surface area contributed by atoms with E-state index in [0.29, 0.717) is 25.1 Å². The van der Waals surface area contributed by atoms with Crippen LogP contribution in [0.15, 0.2) is 24.3 Å². The number of nitrogens with zero attached hydrogens (tertiary/aromatic N) is 2. The van der Waals surface area contributed by atoms with E-state index < -0.39 is 12.7 Å². The van der Waals surface area contributed by atoms with Crippen molar-refractivity contribution in [3.8, 4) is 0 Å². The van der Waals surface area contributed by atoms with Gasteiger partial charge in [0.1, 0.15) is 5.60 Å². The highest BCUT2D eigenvalue weighted by atomic mass is 16.6. The number of amides is 1. The van der Waals surface area contributed by atoms with Gasteiger partial charge in [-0.3, -0.25) is 0 Å². The zero-order valence-electron chi connectivity index (χ0n) is 14.0. The molecule has 1 saturated heterocycles. The molecule has 2 rings (SSSR count). The molecule has 0 aliphatic carbocycles. The maximum absolute atomic E-state index is 12.2. The second kappa shape index (κ2) is 7.23. The summed E-state index contributed by atoms with van der Waals surface area (Å²) in [5.41, 5.74) is 0.909. The van der Waals surface area contributed by atoms with E-state index in [0.717, 1.165) is 18.7 Å². The molecule has 0 bridgehead atoms. The second-order valence-electron chi connectivity index (χ2n) is 6.78. The maximum Gasteiger partial charge on any atom is 0.488 e. The van der Waals surface area contributed by atoms with Crippen molar-refractivity contribution in [1.82, 2.24) is 4.90 Å².